The molecule has 0 bridgehead atoms. The van der Waals surface area contributed by atoms with E-state index in [4.69, 9.17) is 5.11 Å². The first-order chi connectivity index (χ1) is 9.54. The van der Waals surface area contributed by atoms with Crippen LogP contribution in [0.3, 0.4) is 0 Å². The van der Waals surface area contributed by atoms with Gasteiger partial charge in [-0.2, -0.15) is 4.31 Å². The first kappa shape index (κ1) is 15.7. The Labute approximate surface area is 127 Å². The number of hydrogen-bond donors (Lipinski definition) is 1. The van der Waals surface area contributed by atoms with Gasteiger partial charge in [0.25, 0.3) is 10.0 Å². The summed E-state index contributed by atoms with van der Waals surface area (Å²) in [5.41, 5.74) is 0. The molecule has 1 N–H and O–H groups in total. The lowest BCUT2D eigenvalue weighted by Crippen LogP contribution is -2.28. The molecule has 0 aliphatic rings. The molecule has 0 unspecified atom stereocenters. The van der Waals surface area contributed by atoms with E-state index in [2.05, 4.69) is 0 Å². The maximum absolute atomic E-state index is 12.4. The van der Waals surface area contributed by atoms with Crippen molar-refractivity contribution < 1.29 is 13.5 Å². The predicted molar refractivity (Wildman–Crippen MR) is 82.9 cm³/mol. The standard InChI is InChI=1S/C13H17NO3S3/c1-14(8-6-11-3-2-10-18-11)20(16,17)13-5-4-12(19-13)7-9-15/h2-5,10,15H,6-9H2,1H3. The highest BCUT2D eigenvalue weighted by Gasteiger charge is 2.22. The van der Waals surface area contributed by atoms with Crippen LogP contribution in [0, 0.1) is 0 Å². The van der Waals surface area contributed by atoms with Crippen LogP contribution in [0.4, 0.5) is 0 Å². The van der Waals surface area contributed by atoms with Crippen molar-refractivity contribution in [2.45, 2.75) is 17.1 Å². The second kappa shape index (κ2) is 6.82. The van der Waals surface area contributed by atoms with Gasteiger partial charge in [0.2, 0.25) is 0 Å². The summed E-state index contributed by atoms with van der Waals surface area (Å²) in [5.74, 6) is 0. The monoisotopic (exact) mass is 331 g/mol. The number of rotatable bonds is 7. The van der Waals surface area contributed by atoms with Crippen LogP contribution < -0.4 is 0 Å². The average molecular weight is 331 g/mol. The fourth-order valence-corrected chi connectivity index (χ4v) is 5.16. The van der Waals surface area contributed by atoms with E-state index in [1.807, 2.05) is 17.5 Å². The second-order valence-electron chi connectivity index (χ2n) is 4.35. The van der Waals surface area contributed by atoms with Gasteiger partial charge in [0.05, 0.1) is 0 Å². The van der Waals surface area contributed by atoms with Crippen LogP contribution in [0.1, 0.15) is 9.75 Å². The van der Waals surface area contributed by atoms with E-state index >= 15 is 0 Å². The number of aliphatic hydroxyl groups is 1. The first-order valence-electron chi connectivity index (χ1n) is 6.22. The molecule has 0 saturated heterocycles. The minimum absolute atomic E-state index is 0.0359. The number of sulfonamides is 1. The fraction of sp³-hybridized carbons (Fsp3) is 0.385. The number of aliphatic hydroxyl groups excluding tert-OH is 1. The molecule has 0 spiro atoms. The molecule has 110 valence electrons. The summed E-state index contributed by atoms with van der Waals surface area (Å²) >= 11 is 2.86. The van der Waals surface area contributed by atoms with Gasteiger partial charge in [-0.1, -0.05) is 6.07 Å². The summed E-state index contributed by atoms with van der Waals surface area (Å²) in [5, 5.41) is 10.9. The topological polar surface area (TPSA) is 57.6 Å². The van der Waals surface area contributed by atoms with Gasteiger partial charge < -0.3 is 5.11 Å². The molecule has 0 aliphatic carbocycles. The van der Waals surface area contributed by atoms with Gasteiger partial charge in [0.15, 0.2) is 0 Å². The van der Waals surface area contributed by atoms with E-state index in [9.17, 15) is 8.42 Å². The third kappa shape index (κ3) is 3.67. The van der Waals surface area contributed by atoms with Gasteiger partial charge >= 0.3 is 0 Å². The Morgan fingerprint density at radius 1 is 1.20 bits per heavy atom. The Hall–Kier alpha value is -0.730. The molecule has 0 amide bonds. The molecule has 2 rings (SSSR count). The smallest absolute Gasteiger partial charge is 0.252 e. The third-order valence-corrected chi connectivity index (χ3v) is 7.32. The Morgan fingerprint density at radius 3 is 2.65 bits per heavy atom. The van der Waals surface area contributed by atoms with Gasteiger partial charge in [0.1, 0.15) is 4.21 Å². The van der Waals surface area contributed by atoms with E-state index in [-0.39, 0.29) is 6.61 Å². The summed E-state index contributed by atoms with van der Waals surface area (Å²) in [4.78, 5) is 2.07. The van der Waals surface area contributed by atoms with E-state index in [1.54, 1.807) is 30.5 Å². The second-order valence-corrected chi connectivity index (χ2v) is 8.82. The maximum Gasteiger partial charge on any atom is 0.252 e. The zero-order valence-electron chi connectivity index (χ0n) is 11.2. The van der Waals surface area contributed by atoms with Crippen LogP contribution in [0.5, 0.6) is 0 Å². The minimum Gasteiger partial charge on any atom is -0.396 e. The van der Waals surface area contributed by atoms with Gasteiger partial charge in [-0.15, -0.1) is 22.7 Å². The van der Waals surface area contributed by atoms with E-state index in [0.717, 1.165) is 11.3 Å². The molecular formula is C13H17NO3S3. The van der Waals surface area contributed by atoms with Crippen LogP contribution in [0.2, 0.25) is 0 Å². The Bertz CT molecular complexity index is 632. The Balaban J connectivity index is 2.04. The van der Waals surface area contributed by atoms with Gasteiger partial charge in [-0.05, 0) is 30.0 Å². The third-order valence-electron chi connectivity index (χ3n) is 2.91. The van der Waals surface area contributed by atoms with Crippen molar-refractivity contribution in [2.75, 3.05) is 20.2 Å². The van der Waals surface area contributed by atoms with Crippen LogP contribution in [0.15, 0.2) is 33.9 Å². The normalized spacial score (nSPS) is 12.2. The average Bonchev–Trinajstić information content (AvgIpc) is 3.07. The van der Waals surface area contributed by atoms with Gasteiger partial charge in [0, 0.05) is 36.4 Å². The quantitative estimate of drug-likeness (QED) is 0.846. The van der Waals surface area contributed by atoms with Crippen LogP contribution >= 0.6 is 22.7 Å². The molecule has 0 aromatic carbocycles. The Morgan fingerprint density at radius 2 is 2.00 bits per heavy atom. The zero-order chi connectivity index (χ0) is 14.6. The molecule has 0 fully saturated rings. The van der Waals surface area contributed by atoms with E-state index in [0.29, 0.717) is 17.2 Å². The van der Waals surface area contributed by atoms with Crippen LogP contribution in [-0.4, -0.2) is 38.0 Å². The zero-order valence-corrected chi connectivity index (χ0v) is 13.6. The number of likely N-dealkylation sites (N-methyl/N-ethyl adjacent to an activating group) is 1. The highest BCUT2D eigenvalue weighted by atomic mass is 32.2. The molecular weight excluding hydrogens is 314 g/mol. The number of hydrogen-bond acceptors (Lipinski definition) is 5. The molecule has 0 saturated carbocycles. The van der Waals surface area contributed by atoms with Crippen LogP contribution in [0.25, 0.3) is 0 Å². The number of thiophene rings is 2. The lowest BCUT2D eigenvalue weighted by atomic mass is 10.3. The summed E-state index contributed by atoms with van der Waals surface area (Å²) < 4.78 is 26.5. The van der Waals surface area contributed by atoms with Crippen molar-refractivity contribution in [3.8, 4) is 0 Å². The number of nitrogens with zero attached hydrogens (tertiary/aromatic N) is 1. The van der Waals surface area contributed by atoms with Crippen molar-refractivity contribution >= 4 is 32.7 Å². The SMILES string of the molecule is CN(CCc1cccs1)S(=O)(=O)c1ccc(CCO)s1. The molecule has 2 aromatic heterocycles. The fourth-order valence-electron chi connectivity index (χ4n) is 1.74. The molecule has 4 nitrogen and oxygen atoms in total. The predicted octanol–water partition coefficient (Wildman–Crippen LogP) is 2.21. The summed E-state index contributed by atoms with van der Waals surface area (Å²) in [7, 11) is -1.81. The van der Waals surface area contributed by atoms with Crippen molar-refractivity contribution in [2.24, 2.45) is 0 Å². The molecule has 2 heterocycles. The lowest BCUT2D eigenvalue weighted by molar-refractivity contribution is 0.300. The van der Waals surface area contributed by atoms with Gasteiger partial charge in [-0.3, -0.25) is 0 Å². The molecule has 0 atom stereocenters. The molecule has 0 radical (unpaired) electrons. The largest absolute Gasteiger partial charge is 0.396 e. The lowest BCUT2D eigenvalue weighted by Gasteiger charge is -2.15. The summed E-state index contributed by atoms with van der Waals surface area (Å²) in [6.07, 6.45) is 1.22. The molecule has 2 aromatic rings. The van der Waals surface area contributed by atoms with Crippen molar-refractivity contribution in [3.05, 3.63) is 39.4 Å². The van der Waals surface area contributed by atoms with E-state index in [1.165, 1.54) is 20.5 Å². The molecule has 7 heteroatoms. The highest BCUT2D eigenvalue weighted by Crippen LogP contribution is 2.25. The van der Waals surface area contributed by atoms with Crippen molar-refractivity contribution in [1.82, 2.24) is 4.31 Å². The van der Waals surface area contributed by atoms with Crippen LogP contribution in [-0.2, 0) is 22.9 Å². The highest BCUT2D eigenvalue weighted by molar-refractivity contribution is 7.91. The van der Waals surface area contributed by atoms with Crippen molar-refractivity contribution in [1.29, 1.82) is 0 Å². The molecule has 0 aliphatic heterocycles. The van der Waals surface area contributed by atoms with Gasteiger partial charge in [-0.25, -0.2) is 8.42 Å². The summed E-state index contributed by atoms with van der Waals surface area (Å²) in [6.45, 7) is 0.504. The first-order valence-corrected chi connectivity index (χ1v) is 9.36. The van der Waals surface area contributed by atoms with Crippen molar-refractivity contribution in [3.63, 3.8) is 0 Å². The molecule has 20 heavy (non-hydrogen) atoms. The summed E-state index contributed by atoms with van der Waals surface area (Å²) in [6, 6.07) is 7.36. The maximum atomic E-state index is 12.4. The van der Waals surface area contributed by atoms with E-state index < -0.39 is 10.0 Å². The Kier molecular flexibility index (Phi) is 5.34. The minimum atomic E-state index is -3.41.